The number of anilines is 1. The molecule has 0 aliphatic heterocycles. The van der Waals surface area contributed by atoms with Crippen LogP contribution < -0.4 is 5.32 Å². The summed E-state index contributed by atoms with van der Waals surface area (Å²) in [5.74, 6) is -0.426. The molecular formula is C18H21N3O2. The molecule has 1 heterocycles. The molecule has 0 saturated heterocycles. The lowest BCUT2D eigenvalue weighted by Crippen LogP contribution is -2.30. The first-order chi connectivity index (χ1) is 11.0. The normalized spacial score (nSPS) is 10.2. The molecule has 2 rings (SSSR count). The second-order valence-electron chi connectivity index (χ2n) is 5.23. The van der Waals surface area contributed by atoms with Crippen LogP contribution in [0, 0.1) is 6.92 Å². The number of hydrogen-bond donors (Lipinski definition) is 1. The summed E-state index contributed by atoms with van der Waals surface area (Å²) in [6, 6.07) is 10.7. The Morgan fingerprint density at radius 1 is 1.09 bits per heavy atom. The molecule has 0 saturated carbocycles. The number of carbonyl (C=O) groups is 2. The Kier molecular flexibility index (Phi) is 5.46. The standard InChI is InChI=1S/C18H21N3O2/c1-4-21(5-2)18(23)14-10-11-19-16(12-14)17(22)20-15-8-6-13(3)7-9-15/h6-12H,4-5H2,1-3H3,(H,20,22). The summed E-state index contributed by atoms with van der Waals surface area (Å²) in [5.41, 5.74) is 2.51. The van der Waals surface area contributed by atoms with E-state index in [1.807, 2.05) is 45.0 Å². The van der Waals surface area contributed by atoms with Crippen molar-refractivity contribution in [3.8, 4) is 0 Å². The summed E-state index contributed by atoms with van der Waals surface area (Å²) in [6.07, 6.45) is 1.49. The van der Waals surface area contributed by atoms with Crippen molar-refractivity contribution in [2.24, 2.45) is 0 Å². The van der Waals surface area contributed by atoms with Crippen LogP contribution in [-0.4, -0.2) is 34.8 Å². The number of amides is 2. The Hall–Kier alpha value is -2.69. The van der Waals surface area contributed by atoms with Crippen molar-refractivity contribution >= 4 is 17.5 Å². The first kappa shape index (κ1) is 16.7. The van der Waals surface area contributed by atoms with Gasteiger partial charge in [0.05, 0.1) is 0 Å². The van der Waals surface area contributed by atoms with Gasteiger partial charge in [-0.1, -0.05) is 17.7 Å². The van der Waals surface area contributed by atoms with Crippen LogP contribution in [0.15, 0.2) is 42.6 Å². The third-order valence-corrected chi connectivity index (χ3v) is 3.60. The first-order valence-corrected chi connectivity index (χ1v) is 7.68. The van der Waals surface area contributed by atoms with E-state index in [1.165, 1.54) is 12.3 Å². The molecule has 1 aromatic carbocycles. The predicted molar refractivity (Wildman–Crippen MR) is 90.6 cm³/mol. The monoisotopic (exact) mass is 311 g/mol. The minimum absolute atomic E-state index is 0.0956. The Labute approximate surface area is 136 Å². The number of hydrogen-bond acceptors (Lipinski definition) is 3. The van der Waals surface area contributed by atoms with Gasteiger partial charge in [0.1, 0.15) is 5.69 Å². The van der Waals surface area contributed by atoms with Crippen molar-refractivity contribution in [1.82, 2.24) is 9.88 Å². The minimum Gasteiger partial charge on any atom is -0.339 e. The highest BCUT2D eigenvalue weighted by Crippen LogP contribution is 2.11. The smallest absolute Gasteiger partial charge is 0.274 e. The number of pyridine rings is 1. The summed E-state index contributed by atoms with van der Waals surface area (Å²) in [6.45, 7) is 7.09. The van der Waals surface area contributed by atoms with Gasteiger partial charge in [0.15, 0.2) is 0 Å². The first-order valence-electron chi connectivity index (χ1n) is 7.68. The minimum atomic E-state index is -0.331. The highest BCUT2D eigenvalue weighted by molar-refractivity contribution is 6.04. The summed E-state index contributed by atoms with van der Waals surface area (Å²) < 4.78 is 0. The number of nitrogens with zero attached hydrogens (tertiary/aromatic N) is 2. The molecule has 1 N–H and O–H groups in total. The number of carbonyl (C=O) groups excluding carboxylic acids is 2. The summed E-state index contributed by atoms with van der Waals surface area (Å²) >= 11 is 0. The van der Waals surface area contributed by atoms with Crippen molar-refractivity contribution in [2.45, 2.75) is 20.8 Å². The molecular weight excluding hydrogens is 290 g/mol. The van der Waals surface area contributed by atoms with Crippen LogP contribution in [0.4, 0.5) is 5.69 Å². The molecule has 2 amide bonds. The van der Waals surface area contributed by atoms with Crippen LogP contribution in [-0.2, 0) is 0 Å². The van der Waals surface area contributed by atoms with E-state index >= 15 is 0 Å². The maximum atomic E-state index is 12.3. The van der Waals surface area contributed by atoms with Crippen LogP contribution in [0.25, 0.3) is 0 Å². The Balaban J connectivity index is 2.17. The lowest BCUT2D eigenvalue weighted by molar-refractivity contribution is 0.0773. The van der Waals surface area contributed by atoms with Crippen LogP contribution in [0.3, 0.4) is 0 Å². The average molecular weight is 311 g/mol. The van der Waals surface area contributed by atoms with Crippen molar-refractivity contribution < 1.29 is 9.59 Å². The molecule has 5 nitrogen and oxygen atoms in total. The van der Waals surface area contributed by atoms with Crippen LogP contribution in [0.5, 0.6) is 0 Å². The molecule has 5 heteroatoms. The number of aromatic nitrogens is 1. The molecule has 0 radical (unpaired) electrons. The van der Waals surface area contributed by atoms with Gasteiger partial charge in [0.25, 0.3) is 11.8 Å². The summed E-state index contributed by atoms with van der Waals surface area (Å²) in [7, 11) is 0. The molecule has 0 fully saturated rings. The molecule has 0 bridgehead atoms. The van der Waals surface area contributed by atoms with Gasteiger partial charge in [0, 0.05) is 30.5 Å². The largest absolute Gasteiger partial charge is 0.339 e. The molecule has 0 aliphatic rings. The molecule has 0 atom stereocenters. The Bertz CT molecular complexity index is 692. The van der Waals surface area contributed by atoms with Gasteiger partial charge in [-0.2, -0.15) is 0 Å². The van der Waals surface area contributed by atoms with Gasteiger partial charge >= 0.3 is 0 Å². The molecule has 0 spiro atoms. The summed E-state index contributed by atoms with van der Waals surface area (Å²) in [4.78, 5) is 30.4. The van der Waals surface area contributed by atoms with Crippen LogP contribution in [0.1, 0.15) is 40.3 Å². The fraction of sp³-hybridized carbons (Fsp3) is 0.278. The third-order valence-electron chi connectivity index (χ3n) is 3.60. The van der Waals surface area contributed by atoms with Gasteiger partial charge in [-0.3, -0.25) is 14.6 Å². The maximum Gasteiger partial charge on any atom is 0.274 e. The summed E-state index contributed by atoms with van der Waals surface area (Å²) in [5, 5.41) is 2.78. The lowest BCUT2D eigenvalue weighted by Gasteiger charge is -2.18. The van der Waals surface area contributed by atoms with Crippen LogP contribution in [0.2, 0.25) is 0 Å². The Morgan fingerprint density at radius 2 is 1.74 bits per heavy atom. The highest BCUT2D eigenvalue weighted by Gasteiger charge is 2.15. The topological polar surface area (TPSA) is 62.3 Å². The number of rotatable bonds is 5. The fourth-order valence-corrected chi connectivity index (χ4v) is 2.21. The fourth-order valence-electron chi connectivity index (χ4n) is 2.21. The molecule has 23 heavy (non-hydrogen) atoms. The van der Waals surface area contributed by atoms with Gasteiger partial charge in [-0.05, 0) is 45.0 Å². The number of aryl methyl sites for hydroxylation is 1. The van der Waals surface area contributed by atoms with E-state index < -0.39 is 0 Å². The van der Waals surface area contributed by atoms with E-state index in [-0.39, 0.29) is 17.5 Å². The van der Waals surface area contributed by atoms with Gasteiger partial charge < -0.3 is 10.2 Å². The maximum absolute atomic E-state index is 12.3. The average Bonchev–Trinajstić information content (AvgIpc) is 2.58. The predicted octanol–water partition coefficient (Wildman–Crippen LogP) is 3.12. The second kappa shape index (κ2) is 7.54. The zero-order valence-corrected chi connectivity index (χ0v) is 13.7. The van der Waals surface area contributed by atoms with E-state index in [0.29, 0.717) is 24.3 Å². The van der Waals surface area contributed by atoms with Gasteiger partial charge in [0.2, 0.25) is 0 Å². The molecule has 0 unspecified atom stereocenters. The molecule has 120 valence electrons. The van der Waals surface area contributed by atoms with E-state index in [4.69, 9.17) is 0 Å². The van der Waals surface area contributed by atoms with Gasteiger partial charge in [-0.25, -0.2) is 0 Å². The van der Waals surface area contributed by atoms with E-state index in [2.05, 4.69) is 10.3 Å². The zero-order chi connectivity index (χ0) is 16.8. The third kappa shape index (κ3) is 4.16. The SMILES string of the molecule is CCN(CC)C(=O)c1ccnc(C(=O)Nc2ccc(C)cc2)c1. The highest BCUT2D eigenvalue weighted by atomic mass is 16.2. The zero-order valence-electron chi connectivity index (χ0n) is 13.7. The number of nitrogens with one attached hydrogen (secondary N) is 1. The quantitative estimate of drug-likeness (QED) is 0.923. The second-order valence-corrected chi connectivity index (χ2v) is 5.23. The van der Waals surface area contributed by atoms with E-state index in [9.17, 15) is 9.59 Å². The molecule has 1 aromatic heterocycles. The van der Waals surface area contributed by atoms with Gasteiger partial charge in [-0.15, -0.1) is 0 Å². The van der Waals surface area contributed by atoms with E-state index in [0.717, 1.165) is 5.56 Å². The Morgan fingerprint density at radius 3 is 2.35 bits per heavy atom. The molecule has 2 aromatic rings. The van der Waals surface area contributed by atoms with Crippen LogP contribution >= 0.6 is 0 Å². The molecule has 0 aliphatic carbocycles. The van der Waals surface area contributed by atoms with Crippen molar-refractivity contribution in [1.29, 1.82) is 0 Å². The number of benzene rings is 1. The van der Waals surface area contributed by atoms with Crippen molar-refractivity contribution in [3.63, 3.8) is 0 Å². The van der Waals surface area contributed by atoms with Crippen molar-refractivity contribution in [3.05, 3.63) is 59.4 Å². The van der Waals surface area contributed by atoms with E-state index in [1.54, 1.807) is 11.0 Å². The lowest BCUT2D eigenvalue weighted by atomic mass is 10.2. The van der Waals surface area contributed by atoms with Crippen molar-refractivity contribution in [2.75, 3.05) is 18.4 Å².